The molecule has 1 atom stereocenters. The Balaban J connectivity index is 2.49. The zero-order chi connectivity index (χ0) is 12.7. The van der Waals surface area contributed by atoms with Gasteiger partial charge in [0.25, 0.3) is 0 Å². The number of hydroxylamine groups is 1. The van der Waals surface area contributed by atoms with Crippen LogP contribution in [-0.4, -0.2) is 6.40 Å². The minimum atomic E-state index is -4.50. The first kappa shape index (κ1) is 12.2. The summed E-state index contributed by atoms with van der Waals surface area (Å²) in [6.45, 7) is 0. The lowest BCUT2D eigenvalue weighted by Crippen LogP contribution is -2.45. The summed E-state index contributed by atoms with van der Waals surface area (Å²) in [5, 5.41) is -0.0800. The third kappa shape index (κ3) is 2.36. The molecule has 8 heteroatoms. The van der Waals surface area contributed by atoms with E-state index in [0.717, 1.165) is 18.5 Å². The molecule has 1 aromatic rings. The second-order valence-electron chi connectivity index (χ2n) is 3.45. The summed E-state index contributed by atoms with van der Waals surface area (Å²) in [7, 11) is 0. The van der Waals surface area contributed by atoms with Gasteiger partial charge in [-0.15, -0.1) is 5.48 Å². The number of hydrogen-bond donors (Lipinski definition) is 2. The first-order valence-electron chi connectivity index (χ1n) is 4.45. The Labute approximate surface area is 99.2 Å². The molecule has 1 unspecified atom stereocenters. The lowest BCUT2D eigenvalue weighted by Gasteiger charge is -2.21. The van der Waals surface area contributed by atoms with E-state index >= 15 is 0 Å². The second-order valence-corrected chi connectivity index (χ2v) is 3.88. The Morgan fingerprint density at radius 3 is 2.59 bits per heavy atom. The maximum absolute atomic E-state index is 12.6. The van der Waals surface area contributed by atoms with Gasteiger partial charge in [0.2, 0.25) is 5.79 Å². The molecule has 4 nitrogen and oxygen atoms in total. The van der Waals surface area contributed by atoms with E-state index in [1.807, 2.05) is 0 Å². The number of halogens is 4. The van der Waals surface area contributed by atoms with Gasteiger partial charge in [0.15, 0.2) is 6.40 Å². The number of nitrogens with one attached hydrogen (secondary N) is 1. The fraction of sp³-hybridized carbons (Fsp3) is 0.222. The van der Waals surface area contributed by atoms with Gasteiger partial charge in [0.1, 0.15) is 0 Å². The monoisotopic (exact) mass is 265 g/mol. The average Bonchev–Trinajstić information content (AvgIpc) is 2.64. The molecule has 1 aliphatic heterocycles. The van der Waals surface area contributed by atoms with Gasteiger partial charge in [0.05, 0.1) is 5.56 Å². The van der Waals surface area contributed by atoms with E-state index < -0.39 is 17.5 Å². The molecule has 1 aromatic carbocycles. The van der Waals surface area contributed by atoms with Crippen molar-refractivity contribution < 1.29 is 18.0 Å². The van der Waals surface area contributed by atoms with Crippen molar-refractivity contribution in [3.8, 4) is 0 Å². The van der Waals surface area contributed by atoms with Gasteiger partial charge in [-0.1, -0.05) is 11.6 Å². The number of aliphatic imine (C=N–C) groups is 1. The third-order valence-corrected chi connectivity index (χ3v) is 2.41. The maximum Gasteiger partial charge on any atom is 0.416 e. The zero-order valence-electron chi connectivity index (χ0n) is 8.25. The molecule has 0 aliphatic carbocycles. The molecule has 0 bridgehead atoms. The topological polar surface area (TPSA) is 59.6 Å². The Bertz CT molecular complexity index is 477. The fourth-order valence-electron chi connectivity index (χ4n) is 1.36. The van der Waals surface area contributed by atoms with Gasteiger partial charge >= 0.3 is 6.18 Å². The van der Waals surface area contributed by atoms with Crippen molar-refractivity contribution in [2.24, 2.45) is 10.7 Å². The number of nitrogens with zero attached hydrogens (tertiary/aromatic N) is 1. The zero-order valence-corrected chi connectivity index (χ0v) is 9.01. The van der Waals surface area contributed by atoms with Crippen LogP contribution in [0.4, 0.5) is 13.2 Å². The molecule has 0 saturated heterocycles. The van der Waals surface area contributed by atoms with Crippen LogP contribution in [0.1, 0.15) is 11.1 Å². The van der Waals surface area contributed by atoms with Gasteiger partial charge in [0, 0.05) is 10.6 Å². The summed E-state index contributed by atoms with van der Waals surface area (Å²) in [6, 6.07) is 2.97. The van der Waals surface area contributed by atoms with Gasteiger partial charge < -0.3 is 4.84 Å². The molecule has 1 aliphatic rings. The van der Waals surface area contributed by atoms with Crippen molar-refractivity contribution in [3.05, 3.63) is 34.3 Å². The quantitative estimate of drug-likeness (QED) is 0.816. The van der Waals surface area contributed by atoms with Crippen LogP contribution in [0.3, 0.4) is 0 Å². The summed E-state index contributed by atoms with van der Waals surface area (Å²) in [5.74, 6) is -1.55. The summed E-state index contributed by atoms with van der Waals surface area (Å²) in [5.41, 5.74) is 7.15. The number of hydrogen-bond acceptors (Lipinski definition) is 4. The minimum absolute atomic E-state index is 0.0612. The van der Waals surface area contributed by atoms with Crippen molar-refractivity contribution in [1.29, 1.82) is 0 Å². The lowest BCUT2D eigenvalue weighted by molar-refractivity contribution is -0.137. The summed E-state index contributed by atoms with van der Waals surface area (Å²) in [4.78, 5) is 8.28. The molecule has 0 aromatic heterocycles. The van der Waals surface area contributed by atoms with Gasteiger partial charge in [-0.2, -0.15) is 13.2 Å². The average molecular weight is 266 g/mol. The first-order chi connectivity index (χ1) is 7.81. The van der Waals surface area contributed by atoms with E-state index in [9.17, 15) is 13.2 Å². The van der Waals surface area contributed by atoms with E-state index in [1.54, 1.807) is 0 Å². The maximum atomic E-state index is 12.6. The Hall–Kier alpha value is -1.31. The highest BCUT2D eigenvalue weighted by molar-refractivity contribution is 6.30. The highest BCUT2D eigenvalue weighted by atomic mass is 35.5. The van der Waals surface area contributed by atoms with E-state index in [4.69, 9.17) is 17.3 Å². The van der Waals surface area contributed by atoms with Crippen LogP contribution in [0.5, 0.6) is 0 Å². The standard InChI is InChI=1S/C9H7ClF3N3O/c10-7-2-5(8(11,12)13)1-6(3-7)9(14)15-4-17-16-9/h1-4,16H,14H2. The molecule has 0 saturated carbocycles. The van der Waals surface area contributed by atoms with Gasteiger partial charge in [-0.3, -0.25) is 5.73 Å². The number of rotatable bonds is 1. The summed E-state index contributed by atoms with van der Waals surface area (Å²) in [6.07, 6.45) is -3.49. The van der Waals surface area contributed by atoms with Crippen molar-refractivity contribution in [3.63, 3.8) is 0 Å². The molecule has 0 radical (unpaired) electrons. The van der Waals surface area contributed by atoms with E-state index in [2.05, 4.69) is 15.3 Å². The highest BCUT2D eigenvalue weighted by Gasteiger charge is 2.36. The first-order valence-corrected chi connectivity index (χ1v) is 4.83. The predicted molar refractivity (Wildman–Crippen MR) is 55.0 cm³/mol. The molecule has 3 N–H and O–H groups in total. The summed E-state index contributed by atoms with van der Waals surface area (Å²) < 4.78 is 37.7. The molecule has 0 amide bonds. The van der Waals surface area contributed by atoms with Gasteiger partial charge in [-0.25, -0.2) is 4.99 Å². The number of benzene rings is 1. The Kier molecular flexibility index (Phi) is 2.76. The van der Waals surface area contributed by atoms with Crippen LogP contribution in [0, 0.1) is 0 Å². The highest BCUT2D eigenvalue weighted by Crippen LogP contribution is 2.34. The van der Waals surface area contributed by atoms with E-state index in [-0.39, 0.29) is 10.6 Å². The predicted octanol–water partition coefficient (Wildman–Crippen LogP) is 1.99. The molecule has 1 heterocycles. The molecule has 0 fully saturated rings. The van der Waals surface area contributed by atoms with Crippen molar-refractivity contribution in [1.82, 2.24) is 5.48 Å². The molecule has 0 spiro atoms. The number of alkyl halides is 3. The Morgan fingerprint density at radius 1 is 1.35 bits per heavy atom. The molecule has 2 rings (SSSR count). The van der Waals surface area contributed by atoms with Crippen LogP contribution in [0.15, 0.2) is 23.2 Å². The van der Waals surface area contributed by atoms with Crippen LogP contribution in [-0.2, 0) is 16.8 Å². The largest absolute Gasteiger partial charge is 0.416 e. The smallest absolute Gasteiger partial charge is 0.393 e. The van der Waals surface area contributed by atoms with E-state index in [0.29, 0.717) is 0 Å². The van der Waals surface area contributed by atoms with Crippen molar-refractivity contribution in [2.45, 2.75) is 12.0 Å². The Morgan fingerprint density at radius 2 is 2.06 bits per heavy atom. The van der Waals surface area contributed by atoms with Crippen LogP contribution < -0.4 is 11.2 Å². The minimum Gasteiger partial charge on any atom is -0.393 e. The van der Waals surface area contributed by atoms with Crippen molar-refractivity contribution >= 4 is 18.0 Å². The summed E-state index contributed by atoms with van der Waals surface area (Å²) >= 11 is 5.62. The fourth-order valence-corrected chi connectivity index (χ4v) is 1.59. The van der Waals surface area contributed by atoms with Crippen LogP contribution >= 0.6 is 11.6 Å². The second kappa shape index (κ2) is 3.86. The van der Waals surface area contributed by atoms with E-state index in [1.165, 1.54) is 6.07 Å². The molecule has 17 heavy (non-hydrogen) atoms. The van der Waals surface area contributed by atoms with Crippen molar-refractivity contribution in [2.75, 3.05) is 0 Å². The molecule has 92 valence electrons. The van der Waals surface area contributed by atoms with Gasteiger partial charge in [-0.05, 0) is 18.2 Å². The number of nitrogens with two attached hydrogens (primary N) is 1. The normalized spacial score (nSPS) is 23.8. The van der Waals surface area contributed by atoms with Crippen LogP contribution in [0.25, 0.3) is 0 Å². The molecular formula is C9H7ClF3N3O. The SMILES string of the molecule is NC1(c2cc(Cl)cc(C(F)(F)F)c2)N=CON1. The van der Waals surface area contributed by atoms with Crippen LogP contribution in [0.2, 0.25) is 5.02 Å². The molecular weight excluding hydrogens is 259 g/mol. The third-order valence-electron chi connectivity index (χ3n) is 2.19. The lowest BCUT2D eigenvalue weighted by atomic mass is 10.1.